The molecule has 0 aliphatic carbocycles. The average Bonchev–Trinajstić information content (AvgIpc) is 2.79. The molecule has 0 fully saturated rings. The molecule has 4 rings (SSSR count). The zero-order valence-corrected chi connectivity index (χ0v) is 19.2. The predicted octanol–water partition coefficient (Wildman–Crippen LogP) is 6.88. The zero-order valence-electron chi connectivity index (χ0n) is 19.2. The Labute approximate surface area is 186 Å². The van der Waals surface area contributed by atoms with Gasteiger partial charge in [0, 0.05) is 18.6 Å². The third kappa shape index (κ3) is 3.81. The SMILES string of the molecule is C#[N+]/C=C\C/C(C)=C\Cc1c(CC)c(C)c(C)c2c1-c1c3ccccc3cc[n+]1CC2. The number of fused-ring (bicyclic) bond motifs is 5. The summed E-state index contributed by atoms with van der Waals surface area (Å²) in [5, 5.41) is 2.66. The van der Waals surface area contributed by atoms with E-state index in [0.29, 0.717) is 0 Å². The lowest BCUT2D eigenvalue weighted by Gasteiger charge is -2.26. The highest BCUT2D eigenvalue weighted by atomic mass is 15.0. The summed E-state index contributed by atoms with van der Waals surface area (Å²) in [4.78, 5) is 3.58. The highest BCUT2D eigenvalue weighted by molar-refractivity contribution is 5.95. The molecular formula is C29H32N2+2. The van der Waals surface area contributed by atoms with Gasteiger partial charge in [-0.1, -0.05) is 36.8 Å². The van der Waals surface area contributed by atoms with Crippen molar-refractivity contribution in [1.82, 2.24) is 0 Å². The number of allylic oxidation sites excluding steroid dienone is 3. The minimum Gasteiger partial charge on any atom is -0.197 e. The van der Waals surface area contributed by atoms with Crippen LogP contribution in [0.15, 0.2) is 60.5 Å². The van der Waals surface area contributed by atoms with Crippen LogP contribution in [0, 0.1) is 20.4 Å². The Hall–Kier alpha value is -3.18. The van der Waals surface area contributed by atoms with E-state index in [0.717, 1.165) is 32.2 Å². The van der Waals surface area contributed by atoms with Crippen molar-refractivity contribution in [1.29, 1.82) is 0 Å². The molecule has 0 saturated heterocycles. The summed E-state index contributed by atoms with van der Waals surface area (Å²) < 4.78 is 2.46. The van der Waals surface area contributed by atoms with Gasteiger partial charge in [-0.05, 0) is 84.1 Å². The van der Waals surface area contributed by atoms with E-state index in [4.69, 9.17) is 6.57 Å². The lowest BCUT2D eigenvalue weighted by atomic mass is 9.80. The first-order valence-corrected chi connectivity index (χ1v) is 11.3. The van der Waals surface area contributed by atoms with Crippen molar-refractivity contribution < 1.29 is 4.57 Å². The van der Waals surface area contributed by atoms with Gasteiger partial charge >= 0.3 is 6.20 Å². The number of hydrogen-bond acceptors (Lipinski definition) is 0. The molecule has 2 heterocycles. The highest BCUT2D eigenvalue weighted by Crippen LogP contribution is 2.39. The monoisotopic (exact) mass is 408 g/mol. The molecule has 31 heavy (non-hydrogen) atoms. The molecule has 1 aromatic heterocycles. The predicted molar refractivity (Wildman–Crippen MR) is 132 cm³/mol. The third-order valence-corrected chi connectivity index (χ3v) is 6.85. The molecule has 3 aromatic rings. The Morgan fingerprint density at radius 1 is 1.13 bits per heavy atom. The maximum atomic E-state index is 5.23. The van der Waals surface area contributed by atoms with Gasteiger partial charge < -0.3 is 0 Å². The normalized spacial score (nSPS) is 13.3. The smallest absolute Gasteiger partial charge is 0.197 e. The van der Waals surface area contributed by atoms with Gasteiger partial charge in [-0.3, -0.25) is 0 Å². The molecule has 0 saturated carbocycles. The molecule has 0 bridgehead atoms. The number of rotatable bonds is 5. The van der Waals surface area contributed by atoms with Gasteiger partial charge in [-0.2, -0.15) is 4.57 Å². The van der Waals surface area contributed by atoms with Crippen molar-refractivity contribution in [2.45, 2.75) is 59.9 Å². The molecule has 1 aliphatic heterocycles. The van der Waals surface area contributed by atoms with Gasteiger partial charge in [-0.15, -0.1) is 0 Å². The van der Waals surface area contributed by atoms with Crippen molar-refractivity contribution in [3.8, 4) is 17.8 Å². The molecule has 0 spiro atoms. The molecular weight excluding hydrogens is 376 g/mol. The number of nitrogens with zero attached hydrogens (tertiary/aromatic N) is 2. The van der Waals surface area contributed by atoms with Crippen LogP contribution < -0.4 is 4.57 Å². The fourth-order valence-electron chi connectivity index (χ4n) is 5.12. The molecule has 0 amide bonds. The van der Waals surface area contributed by atoms with Gasteiger partial charge in [0.15, 0.2) is 12.7 Å². The van der Waals surface area contributed by atoms with Crippen molar-refractivity contribution >= 4 is 10.8 Å². The van der Waals surface area contributed by atoms with Crippen LogP contribution in [-0.4, -0.2) is 0 Å². The fourth-order valence-corrected chi connectivity index (χ4v) is 5.12. The van der Waals surface area contributed by atoms with Gasteiger partial charge in [-0.25, -0.2) is 0 Å². The second-order valence-corrected chi connectivity index (χ2v) is 8.60. The Morgan fingerprint density at radius 2 is 1.94 bits per heavy atom. The zero-order chi connectivity index (χ0) is 22.0. The van der Waals surface area contributed by atoms with E-state index < -0.39 is 0 Å². The van der Waals surface area contributed by atoms with Crippen molar-refractivity contribution in [2.24, 2.45) is 0 Å². The van der Waals surface area contributed by atoms with E-state index in [1.165, 1.54) is 55.4 Å². The van der Waals surface area contributed by atoms with E-state index in [2.05, 4.69) is 79.7 Å². The van der Waals surface area contributed by atoms with Crippen LogP contribution in [0.5, 0.6) is 0 Å². The quantitative estimate of drug-likeness (QED) is 0.321. The Kier molecular flexibility index (Phi) is 6.05. The molecule has 0 radical (unpaired) electrons. The van der Waals surface area contributed by atoms with E-state index in [-0.39, 0.29) is 0 Å². The number of hydrogen-bond donors (Lipinski definition) is 0. The summed E-state index contributed by atoms with van der Waals surface area (Å²) in [6.45, 7) is 15.4. The fraction of sp³-hybridized carbons (Fsp3) is 0.310. The van der Waals surface area contributed by atoms with Gasteiger partial charge in [0.1, 0.15) is 0 Å². The standard InChI is InChI=1S/C29H32N2/c1-6-24-21(3)22(4)25-16-19-31-18-15-23-11-7-8-12-26(23)29(31)28(25)27(24)14-13-20(2)10-9-17-30-5/h5,7-9,11-13,15,17-18H,6,10,14,16,19H2,1-4H3/q+2/b17-9-,20-13-. The van der Waals surface area contributed by atoms with Crippen LogP contribution in [0.4, 0.5) is 0 Å². The molecule has 2 heteroatoms. The highest BCUT2D eigenvalue weighted by Gasteiger charge is 2.31. The molecule has 0 unspecified atom stereocenters. The second kappa shape index (κ2) is 8.90. The number of aromatic nitrogens is 1. The molecule has 2 nitrogen and oxygen atoms in total. The Bertz CT molecular complexity index is 1250. The largest absolute Gasteiger partial charge is 0.301 e. The molecule has 1 aliphatic rings. The number of benzene rings is 2. The van der Waals surface area contributed by atoms with Crippen LogP contribution in [0.1, 0.15) is 48.1 Å². The van der Waals surface area contributed by atoms with Crippen LogP contribution in [0.25, 0.3) is 26.9 Å². The van der Waals surface area contributed by atoms with Crippen LogP contribution in [0.3, 0.4) is 0 Å². The Morgan fingerprint density at radius 3 is 2.71 bits per heavy atom. The summed E-state index contributed by atoms with van der Waals surface area (Å²) in [6.07, 6.45) is 12.3. The van der Waals surface area contributed by atoms with E-state index in [1.807, 2.05) is 6.08 Å². The molecule has 156 valence electrons. The Balaban J connectivity index is 1.96. The third-order valence-electron chi connectivity index (χ3n) is 6.85. The van der Waals surface area contributed by atoms with Gasteiger partial charge in [0.2, 0.25) is 5.69 Å². The van der Waals surface area contributed by atoms with E-state index in [1.54, 1.807) is 6.20 Å². The molecule has 2 aromatic carbocycles. The topological polar surface area (TPSA) is 8.24 Å². The van der Waals surface area contributed by atoms with Crippen LogP contribution >= 0.6 is 0 Å². The maximum Gasteiger partial charge on any atom is 0.301 e. The van der Waals surface area contributed by atoms with Crippen LogP contribution in [-0.2, 0) is 25.8 Å². The van der Waals surface area contributed by atoms with Gasteiger partial charge in [0.25, 0.3) is 6.57 Å². The van der Waals surface area contributed by atoms with Crippen molar-refractivity contribution in [3.63, 3.8) is 0 Å². The average molecular weight is 409 g/mol. The number of aryl methyl sites for hydroxylation is 1. The minimum absolute atomic E-state index is 0.878. The van der Waals surface area contributed by atoms with E-state index in [9.17, 15) is 0 Å². The summed E-state index contributed by atoms with van der Waals surface area (Å²) in [7, 11) is 0. The van der Waals surface area contributed by atoms with Crippen molar-refractivity contribution in [2.75, 3.05) is 0 Å². The molecule has 0 N–H and O–H groups in total. The maximum absolute atomic E-state index is 5.23. The van der Waals surface area contributed by atoms with Gasteiger partial charge in [0.05, 0.1) is 10.9 Å². The second-order valence-electron chi connectivity index (χ2n) is 8.60. The lowest BCUT2D eigenvalue weighted by molar-refractivity contribution is -0.686. The van der Waals surface area contributed by atoms with E-state index >= 15 is 0 Å². The first-order chi connectivity index (χ1) is 15.1. The van der Waals surface area contributed by atoms with Crippen LogP contribution in [0.2, 0.25) is 0 Å². The summed E-state index contributed by atoms with van der Waals surface area (Å²) in [6, 6.07) is 11.1. The van der Waals surface area contributed by atoms with Crippen molar-refractivity contribution in [3.05, 3.63) is 93.1 Å². The molecule has 0 atom stereocenters. The lowest BCUT2D eigenvalue weighted by Crippen LogP contribution is -2.41. The number of pyridine rings is 1. The first-order valence-electron chi connectivity index (χ1n) is 11.3. The first kappa shape index (κ1) is 21.1. The minimum atomic E-state index is 0.878. The summed E-state index contributed by atoms with van der Waals surface area (Å²) in [5.74, 6) is 0. The summed E-state index contributed by atoms with van der Waals surface area (Å²) >= 11 is 0. The summed E-state index contributed by atoms with van der Waals surface area (Å²) in [5.41, 5.74) is 11.7.